The lowest BCUT2D eigenvalue weighted by Gasteiger charge is -2.42. The number of carbonyl (C=O) groups is 2. The molecule has 0 aliphatic carbocycles. The van der Waals surface area contributed by atoms with E-state index in [1.807, 2.05) is 0 Å². The second-order valence-corrected chi connectivity index (χ2v) is 8.07. The van der Waals surface area contributed by atoms with E-state index in [1.165, 1.54) is 11.3 Å². The van der Waals surface area contributed by atoms with Gasteiger partial charge in [0.1, 0.15) is 5.00 Å². The van der Waals surface area contributed by atoms with E-state index in [2.05, 4.69) is 38.3 Å². The van der Waals surface area contributed by atoms with E-state index >= 15 is 0 Å². The number of nitrogens with one attached hydrogen (secondary N) is 2. The van der Waals surface area contributed by atoms with Crippen LogP contribution in [-0.2, 0) is 21.5 Å². The first kappa shape index (κ1) is 17.9. The molecule has 1 aromatic rings. The Morgan fingerprint density at radius 1 is 1.26 bits per heavy atom. The van der Waals surface area contributed by atoms with E-state index in [0.717, 1.165) is 16.9 Å². The number of rotatable bonds is 4. The molecule has 0 fully saturated rings. The summed E-state index contributed by atoms with van der Waals surface area (Å²) in [6, 6.07) is 0. The molecule has 0 atom stereocenters. The van der Waals surface area contributed by atoms with Gasteiger partial charge in [-0.25, -0.2) is 4.79 Å². The highest BCUT2D eigenvalue weighted by Crippen LogP contribution is 2.45. The summed E-state index contributed by atoms with van der Waals surface area (Å²) < 4.78 is 5.24. The Balaban J connectivity index is 2.59. The largest absolute Gasteiger partial charge is 0.462 e. The van der Waals surface area contributed by atoms with Gasteiger partial charge in [-0.2, -0.15) is 0 Å². The predicted octanol–water partition coefficient (Wildman–Crippen LogP) is 3.43. The number of hydrogen-bond donors (Lipinski definition) is 2. The number of carbonyl (C=O) groups excluding carboxylic acids is 2. The van der Waals surface area contributed by atoms with E-state index in [-0.39, 0.29) is 23.0 Å². The van der Waals surface area contributed by atoms with Gasteiger partial charge in [0.05, 0.1) is 12.2 Å². The average molecular weight is 338 g/mol. The Morgan fingerprint density at radius 3 is 2.48 bits per heavy atom. The fourth-order valence-electron chi connectivity index (χ4n) is 3.25. The molecule has 6 heteroatoms. The minimum absolute atomic E-state index is 0.0980. The molecule has 128 valence electrons. The summed E-state index contributed by atoms with van der Waals surface area (Å²) in [5, 5.41) is 7.09. The second-order valence-electron chi connectivity index (χ2n) is 7.05. The van der Waals surface area contributed by atoms with Crippen molar-refractivity contribution in [3.8, 4) is 0 Å². The molecule has 2 heterocycles. The fourth-order valence-corrected chi connectivity index (χ4v) is 4.53. The van der Waals surface area contributed by atoms with E-state index in [4.69, 9.17) is 4.74 Å². The van der Waals surface area contributed by atoms with Crippen LogP contribution in [0.25, 0.3) is 0 Å². The Bertz CT molecular complexity index is 632. The topological polar surface area (TPSA) is 67.4 Å². The third-order valence-corrected chi connectivity index (χ3v) is 5.37. The number of esters is 1. The van der Waals surface area contributed by atoms with Crippen molar-refractivity contribution in [2.75, 3.05) is 11.9 Å². The quantitative estimate of drug-likeness (QED) is 0.825. The molecular weight excluding hydrogens is 312 g/mol. The van der Waals surface area contributed by atoms with Gasteiger partial charge in [0.15, 0.2) is 0 Å². The van der Waals surface area contributed by atoms with Gasteiger partial charge >= 0.3 is 5.97 Å². The highest BCUT2D eigenvalue weighted by Gasteiger charge is 2.42. The van der Waals surface area contributed by atoms with Gasteiger partial charge in [-0.05, 0) is 46.6 Å². The molecule has 0 unspecified atom stereocenters. The number of hydrogen-bond acceptors (Lipinski definition) is 5. The maximum absolute atomic E-state index is 12.5. The van der Waals surface area contributed by atoms with Crippen LogP contribution < -0.4 is 10.6 Å². The van der Waals surface area contributed by atoms with Gasteiger partial charge in [-0.15, -0.1) is 11.3 Å². The van der Waals surface area contributed by atoms with E-state index in [1.54, 1.807) is 13.8 Å². The number of anilines is 1. The van der Waals surface area contributed by atoms with Crippen molar-refractivity contribution in [3.63, 3.8) is 0 Å². The van der Waals surface area contributed by atoms with Crippen LogP contribution >= 0.6 is 11.3 Å². The predicted molar refractivity (Wildman–Crippen MR) is 93.1 cm³/mol. The highest BCUT2D eigenvalue weighted by molar-refractivity contribution is 7.17. The summed E-state index contributed by atoms with van der Waals surface area (Å²) in [5.74, 6) is -0.455. The van der Waals surface area contributed by atoms with Crippen LogP contribution in [0, 0.1) is 0 Å². The second kappa shape index (κ2) is 6.24. The van der Waals surface area contributed by atoms with Crippen molar-refractivity contribution in [1.82, 2.24) is 5.32 Å². The average Bonchev–Trinajstić information content (AvgIpc) is 2.75. The van der Waals surface area contributed by atoms with Gasteiger partial charge in [-0.1, -0.05) is 6.92 Å². The maximum atomic E-state index is 12.5. The molecule has 0 saturated heterocycles. The molecule has 0 saturated carbocycles. The van der Waals surface area contributed by atoms with Crippen LogP contribution in [0.15, 0.2) is 0 Å². The summed E-state index contributed by atoms with van der Waals surface area (Å²) in [6.07, 6.45) is 1.09. The SMILES string of the molecule is CCOC(=O)c1c(NC(=O)CC)sc2c1CC(C)(C)NC2(C)C. The highest BCUT2D eigenvalue weighted by atomic mass is 32.1. The van der Waals surface area contributed by atoms with Crippen LogP contribution in [0.5, 0.6) is 0 Å². The number of ether oxygens (including phenoxy) is 1. The molecule has 0 radical (unpaired) electrons. The molecule has 1 aliphatic rings. The summed E-state index contributed by atoms with van der Waals surface area (Å²) in [7, 11) is 0. The summed E-state index contributed by atoms with van der Waals surface area (Å²) >= 11 is 1.47. The number of thiophene rings is 1. The first-order valence-electron chi connectivity index (χ1n) is 8.03. The molecule has 5 nitrogen and oxygen atoms in total. The van der Waals surface area contributed by atoms with E-state index in [0.29, 0.717) is 23.6 Å². The molecule has 1 aromatic heterocycles. The molecule has 2 N–H and O–H groups in total. The monoisotopic (exact) mass is 338 g/mol. The summed E-state index contributed by atoms with van der Waals surface area (Å²) in [5.41, 5.74) is 1.12. The standard InChI is InChI=1S/C17H26N2O3S/c1-7-11(20)18-14-12(15(21)22-8-2)10-9-16(3,4)19-17(5,6)13(10)23-14/h19H,7-9H2,1-6H3,(H,18,20). The van der Waals surface area contributed by atoms with Crippen LogP contribution in [0.4, 0.5) is 5.00 Å². The van der Waals surface area contributed by atoms with E-state index in [9.17, 15) is 9.59 Å². The Morgan fingerprint density at radius 2 is 1.91 bits per heavy atom. The van der Waals surface area contributed by atoms with Crippen molar-refractivity contribution < 1.29 is 14.3 Å². The zero-order chi connectivity index (χ0) is 17.4. The van der Waals surface area contributed by atoms with Crippen LogP contribution in [-0.4, -0.2) is 24.0 Å². The van der Waals surface area contributed by atoms with Crippen molar-refractivity contribution >= 4 is 28.2 Å². The van der Waals surface area contributed by atoms with Crippen molar-refractivity contribution in [2.45, 2.75) is 65.5 Å². The van der Waals surface area contributed by atoms with Gasteiger partial charge in [0.2, 0.25) is 5.91 Å². The molecule has 2 rings (SSSR count). The van der Waals surface area contributed by atoms with E-state index < -0.39 is 0 Å². The lowest BCUT2D eigenvalue weighted by atomic mass is 9.81. The zero-order valence-electron chi connectivity index (χ0n) is 14.8. The molecule has 0 bridgehead atoms. The number of fused-ring (bicyclic) bond motifs is 1. The molecule has 1 aliphatic heterocycles. The summed E-state index contributed by atoms with van der Waals surface area (Å²) in [6.45, 7) is 12.3. The zero-order valence-corrected chi connectivity index (χ0v) is 15.6. The molecule has 23 heavy (non-hydrogen) atoms. The smallest absolute Gasteiger partial charge is 0.341 e. The molecule has 0 aromatic carbocycles. The number of amides is 1. The normalized spacial score (nSPS) is 18.2. The Hall–Kier alpha value is -1.40. The maximum Gasteiger partial charge on any atom is 0.341 e. The summed E-state index contributed by atoms with van der Waals surface area (Å²) in [4.78, 5) is 25.4. The van der Waals surface area contributed by atoms with Gasteiger partial charge < -0.3 is 15.4 Å². The molecule has 0 spiro atoms. The van der Waals surface area contributed by atoms with Crippen LogP contribution in [0.1, 0.15) is 68.8 Å². The Labute approximate surface area is 141 Å². The third-order valence-electron chi connectivity index (χ3n) is 3.90. The van der Waals surface area contributed by atoms with Crippen molar-refractivity contribution in [2.24, 2.45) is 0 Å². The van der Waals surface area contributed by atoms with Crippen molar-refractivity contribution in [1.29, 1.82) is 0 Å². The first-order chi connectivity index (χ1) is 10.6. The molecular formula is C17H26N2O3S. The fraction of sp³-hybridized carbons (Fsp3) is 0.647. The van der Waals surface area contributed by atoms with Crippen molar-refractivity contribution in [3.05, 3.63) is 16.0 Å². The van der Waals surface area contributed by atoms with Gasteiger partial charge in [-0.3, -0.25) is 4.79 Å². The van der Waals surface area contributed by atoms with Gasteiger partial charge in [0, 0.05) is 22.4 Å². The Kier molecular flexibility index (Phi) is 4.87. The minimum atomic E-state index is -0.357. The molecule has 1 amide bonds. The minimum Gasteiger partial charge on any atom is -0.462 e. The third kappa shape index (κ3) is 3.58. The lowest BCUT2D eigenvalue weighted by molar-refractivity contribution is -0.115. The van der Waals surface area contributed by atoms with Crippen LogP contribution in [0.3, 0.4) is 0 Å². The van der Waals surface area contributed by atoms with Crippen LogP contribution in [0.2, 0.25) is 0 Å². The first-order valence-corrected chi connectivity index (χ1v) is 8.85. The lowest BCUT2D eigenvalue weighted by Crippen LogP contribution is -2.55. The van der Waals surface area contributed by atoms with Gasteiger partial charge in [0.25, 0.3) is 0 Å².